The molecule has 4 aromatic rings. The van der Waals surface area contributed by atoms with E-state index in [-0.39, 0.29) is 16.2 Å². The molecule has 4 aromatic carbocycles. The molecular formula is C46H64O3. The maximum atomic E-state index is 9.18. The van der Waals surface area contributed by atoms with Crippen molar-refractivity contribution in [3.05, 3.63) is 130 Å². The smallest absolute Gasteiger partial charge is 0.163 e. The molecule has 3 heteroatoms. The largest absolute Gasteiger partial charge is 0.508 e. The minimum absolute atomic E-state index is 0.124. The summed E-state index contributed by atoms with van der Waals surface area (Å²) >= 11 is 0. The molecule has 5 rings (SSSR count). The molecule has 0 saturated carbocycles. The SMILES string of the molecule is CC(C)(C)C1=CCc2ccccc21.CC(C)(C)c1cccc(O)c1.CC(C)(C)c1ccccc1.COc1cc(C(C)(C)C)cc(C)c1OC. The topological polar surface area (TPSA) is 38.7 Å². The van der Waals surface area contributed by atoms with E-state index in [0.717, 1.165) is 29.0 Å². The third-order valence-electron chi connectivity index (χ3n) is 8.52. The summed E-state index contributed by atoms with van der Waals surface area (Å²) in [5.41, 5.74) is 10.2. The van der Waals surface area contributed by atoms with E-state index in [4.69, 9.17) is 9.47 Å². The Morgan fingerprint density at radius 3 is 1.51 bits per heavy atom. The van der Waals surface area contributed by atoms with Crippen molar-refractivity contribution in [3.8, 4) is 17.2 Å². The normalized spacial score (nSPS) is 12.5. The lowest BCUT2D eigenvalue weighted by Gasteiger charge is -2.22. The van der Waals surface area contributed by atoms with Crippen LogP contribution in [0.5, 0.6) is 17.2 Å². The second kappa shape index (κ2) is 17.1. The van der Waals surface area contributed by atoms with Gasteiger partial charge in [-0.1, -0.05) is 162 Å². The zero-order valence-corrected chi connectivity index (χ0v) is 33.2. The summed E-state index contributed by atoms with van der Waals surface area (Å²) in [5, 5.41) is 9.18. The van der Waals surface area contributed by atoms with Crippen LogP contribution in [0.2, 0.25) is 0 Å². The lowest BCUT2D eigenvalue weighted by molar-refractivity contribution is 0.351. The number of allylic oxidation sites excluding steroid dienone is 2. The van der Waals surface area contributed by atoms with Gasteiger partial charge in [0.15, 0.2) is 11.5 Å². The van der Waals surface area contributed by atoms with Crippen LogP contribution in [-0.2, 0) is 22.7 Å². The van der Waals surface area contributed by atoms with Gasteiger partial charge in [0.1, 0.15) is 5.75 Å². The molecule has 0 aromatic heterocycles. The Hall–Kier alpha value is -3.98. The number of rotatable bonds is 2. The van der Waals surface area contributed by atoms with Gasteiger partial charge in [0.25, 0.3) is 0 Å². The van der Waals surface area contributed by atoms with E-state index in [1.165, 1.54) is 27.8 Å². The molecule has 0 unspecified atom stereocenters. The van der Waals surface area contributed by atoms with Crippen molar-refractivity contribution in [1.29, 1.82) is 0 Å². The van der Waals surface area contributed by atoms with Gasteiger partial charge in [-0.15, -0.1) is 0 Å². The van der Waals surface area contributed by atoms with Crippen LogP contribution in [0.1, 0.15) is 116 Å². The molecule has 0 saturated heterocycles. The molecule has 0 spiro atoms. The summed E-state index contributed by atoms with van der Waals surface area (Å²) in [6.07, 6.45) is 3.48. The van der Waals surface area contributed by atoms with E-state index in [0.29, 0.717) is 11.2 Å². The Labute approximate surface area is 299 Å². The van der Waals surface area contributed by atoms with Crippen LogP contribution in [0.25, 0.3) is 5.57 Å². The molecule has 0 amide bonds. The summed E-state index contributed by atoms with van der Waals surface area (Å²) in [6, 6.07) is 30.9. The molecule has 0 atom stereocenters. The molecule has 0 heterocycles. The fraction of sp³-hybridized carbons (Fsp3) is 0.435. The van der Waals surface area contributed by atoms with Gasteiger partial charge in [0, 0.05) is 0 Å². The summed E-state index contributed by atoms with van der Waals surface area (Å²) in [6.45, 7) is 28.5. The van der Waals surface area contributed by atoms with Crippen LogP contribution in [0.15, 0.2) is 97.1 Å². The standard InChI is InChI=1S/C13H20O2.C13H16.C10H14O.C10H14/c1-9-7-10(13(2,3)4)8-11(14-5)12(9)15-6;1-13(2,3)12-9-8-10-6-4-5-7-11(10)12;1-10(2,3)8-5-4-6-9(11)7-8;1-10(2,3)9-7-5-4-6-8-9/h7-8H,1-6H3;4-7,9H,8H2,1-3H3;4-7,11H,1-3H3;4-8H,1-3H3. The van der Waals surface area contributed by atoms with Crippen LogP contribution in [-0.4, -0.2) is 19.3 Å². The summed E-state index contributed by atoms with van der Waals surface area (Å²) in [4.78, 5) is 0. The lowest BCUT2D eigenvalue weighted by atomic mass is 9.83. The number of benzene rings is 4. The highest BCUT2D eigenvalue weighted by molar-refractivity contribution is 5.76. The monoisotopic (exact) mass is 664 g/mol. The van der Waals surface area contributed by atoms with Crippen LogP contribution in [0, 0.1) is 12.3 Å². The molecule has 0 aliphatic heterocycles. The second-order valence-electron chi connectivity index (χ2n) is 16.9. The average Bonchev–Trinajstić information content (AvgIpc) is 3.46. The first-order chi connectivity index (χ1) is 22.6. The van der Waals surface area contributed by atoms with Crippen molar-refractivity contribution in [2.24, 2.45) is 5.41 Å². The van der Waals surface area contributed by atoms with E-state index in [1.807, 2.05) is 25.1 Å². The number of phenolic OH excluding ortho intramolecular Hbond substituents is 1. The summed E-state index contributed by atoms with van der Waals surface area (Å²) < 4.78 is 10.6. The highest BCUT2D eigenvalue weighted by Crippen LogP contribution is 2.40. The maximum absolute atomic E-state index is 9.18. The first-order valence-corrected chi connectivity index (χ1v) is 17.5. The zero-order chi connectivity index (χ0) is 37.2. The molecule has 0 bridgehead atoms. The van der Waals surface area contributed by atoms with E-state index in [1.54, 1.807) is 26.4 Å². The van der Waals surface area contributed by atoms with E-state index >= 15 is 0 Å². The fourth-order valence-electron chi connectivity index (χ4n) is 5.49. The molecule has 1 N–H and O–H groups in total. The zero-order valence-electron chi connectivity index (χ0n) is 33.2. The Bertz CT molecular complexity index is 1630. The predicted molar refractivity (Wildman–Crippen MR) is 213 cm³/mol. The van der Waals surface area contributed by atoms with Crippen molar-refractivity contribution in [3.63, 3.8) is 0 Å². The molecule has 0 radical (unpaired) electrons. The Balaban J connectivity index is 0.000000229. The van der Waals surface area contributed by atoms with Gasteiger partial charge in [-0.3, -0.25) is 0 Å². The molecule has 1 aliphatic carbocycles. The van der Waals surface area contributed by atoms with E-state index in [2.05, 4.69) is 150 Å². The quantitative estimate of drug-likeness (QED) is 0.232. The van der Waals surface area contributed by atoms with Crippen LogP contribution in [0.4, 0.5) is 0 Å². The third-order valence-corrected chi connectivity index (χ3v) is 8.52. The van der Waals surface area contributed by atoms with Gasteiger partial charge in [0.05, 0.1) is 14.2 Å². The number of hydrogen-bond donors (Lipinski definition) is 1. The number of aromatic hydroxyl groups is 1. The molecule has 1 aliphatic rings. The van der Waals surface area contributed by atoms with Gasteiger partial charge < -0.3 is 14.6 Å². The number of ether oxygens (including phenoxy) is 2. The van der Waals surface area contributed by atoms with Gasteiger partial charge in [-0.25, -0.2) is 0 Å². The van der Waals surface area contributed by atoms with Crippen molar-refractivity contribution in [2.75, 3.05) is 14.2 Å². The highest BCUT2D eigenvalue weighted by atomic mass is 16.5. The highest BCUT2D eigenvalue weighted by Gasteiger charge is 2.23. The maximum Gasteiger partial charge on any atom is 0.163 e. The average molecular weight is 665 g/mol. The van der Waals surface area contributed by atoms with Crippen molar-refractivity contribution in [1.82, 2.24) is 0 Å². The van der Waals surface area contributed by atoms with Crippen LogP contribution >= 0.6 is 0 Å². The molecule has 3 nitrogen and oxygen atoms in total. The molecule has 266 valence electrons. The summed E-state index contributed by atoms with van der Waals surface area (Å²) in [7, 11) is 3.34. The van der Waals surface area contributed by atoms with E-state index < -0.39 is 0 Å². The van der Waals surface area contributed by atoms with Gasteiger partial charge in [-0.05, 0) is 92.2 Å². The van der Waals surface area contributed by atoms with Crippen molar-refractivity contribution in [2.45, 2.75) is 113 Å². The van der Waals surface area contributed by atoms with Gasteiger partial charge in [-0.2, -0.15) is 0 Å². The number of fused-ring (bicyclic) bond motifs is 1. The fourth-order valence-corrected chi connectivity index (χ4v) is 5.49. The van der Waals surface area contributed by atoms with E-state index in [9.17, 15) is 5.11 Å². The molecule has 0 fully saturated rings. The first kappa shape index (κ1) is 41.2. The number of hydrogen-bond acceptors (Lipinski definition) is 3. The Kier molecular flexibility index (Phi) is 14.4. The van der Waals surface area contributed by atoms with Gasteiger partial charge >= 0.3 is 0 Å². The third kappa shape index (κ3) is 12.8. The molecule has 49 heavy (non-hydrogen) atoms. The number of aryl methyl sites for hydroxylation is 1. The number of phenols is 1. The van der Waals surface area contributed by atoms with Crippen molar-refractivity contribution < 1.29 is 14.6 Å². The minimum Gasteiger partial charge on any atom is -0.508 e. The second-order valence-corrected chi connectivity index (χ2v) is 16.9. The Morgan fingerprint density at radius 2 is 1.06 bits per heavy atom. The lowest BCUT2D eigenvalue weighted by Crippen LogP contribution is -2.12. The Morgan fingerprint density at radius 1 is 0.531 bits per heavy atom. The van der Waals surface area contributed by atoms with Crippen LogP contribution in [0.3, 0.4) is 0 Å². The summed E-state index contributed by atoms with van der Waals surface area (Å²) in [5.74, 6) is 1.98. The minimum atomic E-state index is 0.124. The number of methoxy groups -OCH3 is 2. The first-order valence-electron chi connectivity index (χ1n) is 17.5. The predicted octanol–water partition coefficient (Wildman–Crippen LogP) is 12.7. The van der Waals surface area contributed by atoms with Gasteiger partial charge in [0.2, 0.25) is 0 Å². The molecular weight excluding hydrogens is 601 g/mol. The van der Waals surface area contributed by atoms with Crippen LogP contribution < -0.4 is 9.47 Å². The van der Waals surface area contributed by atoms with Crippen molar-refractivity contribution >= 4 is 5.57 Å².